The number of ether oxygens (including phenoxy) is 3. The van der Waals surface area contributed by atoms with E-state index in [9.17, 15) is 19.2 Å². The van der Waals surface area contributed by atoms with Crippen molar-refractivity contribution < 1.29 is 33.4 Å². The number of nitrogens with one attached hydrogen (secondary N) is 1. The summed E-state index contributed by atoms with van der Waals surface area (Å²) in [7, 11) is 2.92. The van der Waals surface area contributed by atoms with E-state index in [1.807, 2.05) is 6.92 Å². The number of ketones is 1. The van der Waals surface area contributed by atoms with Crippen LogP contribution in [0.1, 0.15) is 43.5 Å². The molecule has 1 heterocycles. The van der Waals surface area contributed by atoms with Crippen LogP contribution in [0.2, 0.25) is 0 Å². The minimum atomic E-state index is -1.02. The number of esters is 1. The number of carbonyl (C=O) groups is 4. The third-order valence-corrected chi connectivity index (χ3v) is 4.73. The number of methoxy groups -OCH3 is 2. The standard InChI is InChI=1S/C20H26N2O7/c1-5-6-9-20(2)18(25)22(19(26)21-20)11-17(24)29-12-14(23)13-7-8-15(27-3)16(10-13)28-4/h7-8,10H,5-6,9,11-12H2,1-4H3,(H,21,26)/t20-/m0/s1. The van der Waals surface area contributed by atoms with Crippen LogP contribution in [0.25, 0.3) is 0 Å². The number of carbonyl (C=O) groups excluding carboxylic acids is 4. The lowest BCUT2D eigenvalue weighted by molar-refractivity contribution is -0.146. The van der Waals surface area contributed by atoms with Crippen molar-refractivity contribution in [3.63, 3.8) is 0 Å². The van der Waals surface area contributed by atoms with Crippen LogP contribution in [0.5, 0.6) is 11.5 Å². The molecule has 0 radical (unpaired) electrons. The van der Waals surface area contributed by atoms with Crippen LogP contribution in [0.4, 0.5) is 4.79 Å². The van der Waals surface area contributed by atoms with E-state index in [2.05, 4.69) is 5.32 Å². The largest absolute Gasteiger partial charge is 0.493 e. The smallest absolute Gasteiger partial charge is 0.326 e. The number of nitrogens with zero attached hydrogens (tertiary/aromatic N) is 1. The van der Waals surface area contributed by atoms with E-state index in [-0.39, 0.29) is 5.56 Å². The predicted molar refractivity (Wildman–Crippen MR) is 103 cm³/mol. The maximum Gasteiger partial charge on any atom is 0.326 e. The lowest BCUT2D eigenvalue weighted by Crippen LogP contribution is -2.44. The van der Waals surface area contributed by atoms with Crippen LogP contribution in [0, 0.1) is 0 Å². The first kappa shape index (κ1) is 22.2. The van der Waals surface area contributed by atoms with Crippen molar-refractivity contribution in [3.8, 4) is 11.5 Å². The van der Waals surface area contributed by atoms with Gasteiger partial charge in [-0.05, 0) is 31.5 Å². The highest BCUT2D eigenvalue weighted by Gasteiger charge is 2.47. The van der Waals surface area contributed by atoms with Gasteiger partial charge in [0.25, 0.3) is 5.91 Å². The van der Waals surface area contributed by atoms with E-state index in [1.54, 1.807) is 13.0 Å². The van der Waals surface area contributed by atoms with Gasteiger partial charge in [0, 0.05) is 5.56 Å². The number of rotatable bonds is 10. The number of hydrogen-bond donors (Lipinski definition) is 1. The second-order valence-corrected chi connectivity index (χ2v) is 6.91. The molecule has 0 spiro atoms. The molecule has 0 aromatic heterocycles. The fourth-order valence-corrected chi connectivity index (χ4v) is 3.00. The number of unbranched alkanes of at least 4 members (excludes halogenated alkanes) is 1. The zero-order valence-electron chi connectivity index (χ0n) is 17.1. The van der Waals surface area contributed by atoms with E-state index in [0.717, 1.165) is 17.7 Å². The van der Waals surface area contributed by atoms with Gasteiger partial charge in [0.1, 0.15) is 12.1 Å². The lowest BCUT2D eigenvalue weighted by Gasteiger charge is -2.21. The van der Waals surface area contributed by atoms with Gasteiger partial charge in [-0.3, -0.25) is 19.3 Å². The van der Waals surface area contributed by atoms with Crippen molar-refractivity contribution in [3.05, 3.63) is 23.8 Å². The predicted octanol–water partition coefficient (Wildman–Crippen LogP) is 1.93. The summed E-state index contributed by atoms with van der Waals surface area (Å²) in [6.07, 6.45) is 2.12. The summed E-state index contributed by atoms with van der Waals surface area (Å²) in [5.41, 5.74) is -0.749. The van der Waals surface area contributed by atoms with Gasteiger partial charge in [0.05, 0.1) is 14.2 Å². The molecule has 0 saturated carbocycles. The molecule has 29 heavy (non-hydrogen) atoms. The van der Waals surface area contributed by atoms with Crippen molar-refractivity contribution in [1.29, 1.82) is 0 Å². The molecule has 1 atom stereocenters. The molecule has 158 valence electrons. The van der Waals surface area contributed by atoms with Gasteiger partial charge >= 0.3 is 12.0 Å². The summed E-state index contributed by atoms with van der Waals surface area (Å²) in [4.78, 5) is 49.8. The number of Topliss-reactive ketones (excluding diaryl/α,β-unsaturated/α-hetero) is 1. The average molecular weight is 406 g/mol. The lowest BCUT2D eigenvalue weighted by atomic mass is 9.95. The van der Waals surface area contributed by atoms with Gasteiger partial charge in [-0.2, -0.15) is 0 Å². The number of imide groups is 1. The first-order valence-corrected chi connectivity index (χ1v) is 9.30. The maximum absolute atomic E-state index is 12.5. The van der Waals surface area contributed by atoms with Gasteiger partial charge in [0.2, 0.25) is 0 Å². The molecule has 1 aromatic carbocycles. The summed E-state index contributed by atoms with van der Waals surface area (Å²) in [5.74, 6) is -0.938. The fourth-order valence-electron chi connectivity index (χ4n) is 3.00. The molecule has 9 nitrogen and oxygen atoms in total. The molecule has 0 bridgehead atoms. The molecule has 1 aliphatic rings. The monoisotopic (exact) mass is 406 g/mol. The van der Waals surface area contributed by atoms with Crippen molar-refractivity contribution in [2.24, 2.45) is 0 Å². The van der Waals surface area contributed by atoms with Gasteiger partial charge < -0.3 is 19.5 Å². The Kier molecular flexibility index (Phi) is 7.19. The van der Waals surface area contributed by atoms with E-state index in [4.69, 9.17) is 14.2 Å². The van der Waals surface area contributed by atoms with Crippen LogP contribution in [-0.4, -0.2) is 61.5 Å². The van der Waals surface area contributed by atoms with Gasteiger partial charge in [-0.25, -0.2) is 4.79 Å². The first-order valence-electron chi connectivity index (χ1n) is 9.30. The van der Waals surface area contributed by atoms with Crippen LogP contribution in [0.15, 0.2) is 18.2 Å². The Morgan fingerprint density at radius 2 is 1.83 bits per heavy atom. The van der Waals surface area contributed by atoms with Crippen LogP contribution >= 0.6 is 0 Å². The molecule has 1 N–H and O–H groups in total. The summed E-state index contributed by atoms with van der Waals surface area (Å²) < 4.78 is 15.2. The summed E-state index contributed by atoms with van der Waals surface area (Å²) in [6, 6.07) is 3.93. The Labute approximate surface area is 169 Å². The van der Waals surface area contributed by atoms with Gasteiger partial charge in [0.15, 0.2) is 23.9 Å². The molecule has 3 amide bonds. The Morgan fingerprint density at radius 1 is 1.14 bits per heavy atom. The Bertz CT molecular complexity index is 808. The summed E-state index contributed by atoms with van der Waals surface area (Å²) in [6.45, 7) is 2.54. The van der Waals surface area contributed by atoms with E-state index >= 15 is 0 Å². The number of benzene rings is 1. The van der Waals surface area contributed by atoms with Crippen LogP contribution in [0.3, 0.4) is 0 Å². The number of urea groups is 1. The molecule has 1 fully saturated rings. The van der Waals surface area contributed by atoms with Gasteiger partial charge in [-0.1, -0.05) is 19.8 Å². The van der Waals surface area contributed by atoms with Crippen molar-refractivity contribution in [1.82, 2.24) is 10.2 Å². The van der Waals surface area contributed by atoms with E-state index in [0.29, 0.717) is 17.9 Å². The minimum Gasteiger partial charge on any atom is -0.493 e. The third kappa shape index (κ3) is 5.04. The minimum absolute atomic E-state index is 0.276. The second-order valence-electron chi connectivity index (χ2n) is 6.91. The van der Waals surface area contributed by atoms with Gasteiger partial charge in [-0.15, -0.1) is 0 Å². The topological polar surface area (TPSA) is 111 Å². The van der Waals surface area contributed by atoms with E-state index < -0.39 is 42.4 Å². The normalized spacial score (nSPS) is 18.4. The fraction of sp³-hybridized carbons (Fsp3) is 0.500. The second kappa shape index (κ2) is 9.40. The zero-order chi connectivity index (χ0) is 21.6. The highest BCUT2D eigenvalue weighted by atomic mass is 16.5. The Morgan fingerprint density at radius 3 is 2.45 bits per heavy atom. The molecule has 0 aliphatic carbocycles. The quantitative estimate of drug-likeness (QED) is 0.359. The SMILES string of the molecule is CCCC[C@]1(C)NC(=O)N(CC(=O)OCC(=O)c2ccc(OC)c(OC)c2)C1=O. The zero-order valence-corrected chi connectivity index (χ0v) is 17.1. The molecular formula is C20H26N2O7. The van der Waals surface area contributed by atoms with E-state index in [1.165, 1.54) is 26.4 Å². The highest BCUT2D eigenvalue weighted by Crippen LogP contribution is 2.28. The van der Waals surface area contributed by atoms with Crippen molar-refractivity contribution >= 4 is 23.7 Å². The number of hydrogen-bond acceptors (Lipinski definition) is 7. The molecule has 1 aliphatic heterocycles. The first-order chi connectivity index (χ1) is 13.8. The Hall–Kier alpha value is -3.10. The molecule has 9 heteroatoms. The summed E-state index contributed by atoms with van der Waals surface area (Å²) >= 11 is 0. The molecule has 1 saturated heterocycles. The molecule has 0 unspecified atom stereocenters. The Balaban J connectivity index is 1.93. The summed E-state index contributed by atoms with van der Waals surface area (Å²) in [5, 5.41) is 2.62. The maximum atomic E-state index is 12.5. The molecule has 2 rings (SSSR count). The van der Waals surface area contributed by atoms with Crippen molar-refractivity contribution in [2.75, 3.05) is 27.4 Å². The highest BCUT2D eigenvalue weighted by molar-refractivity contribution is 6.08. The molecule has 1 aromatic rings. The van der Waals surface area contributed by atoms with Crippen LogP contribution < -0.4 is 14.8 Å². The third-order valence-electron chi connectivity index (χ3n) is 4.73. The number of amides is 3. The van der Waals surface area contributed by atoms with Crippen molar-refractivity contribution in [2.45, 2.75) is 38.6 Å². The average Bonchev–Trinajstić information content (AvgIpc) is 2.93. The molecular weight excluding hydrogens is 380 g/mol. The van der Waals surface area contributed by atoms with Crippen LogP contribution in [-0.2, 0) is 14.3 Å².